The fraction of sp³-hybridized carbons (Fsp3) is 0.316. The number of hydrazone groups is 1. The number of carbonyl (C=O) groups is 1. The lowest BCUT2D eigenvalue weighted by molar-refractivity contribution is -0.126. The summed E-state index contributed by atoms with van der Waals surface area (Å²) in [6.45, 7) is 2.55. The van der Waals surface area contributed by atoms with Gasteiger partial charge in [-0.15, -0.1) is 0 Å². The highest BCUT2D eigenvalue weighted by Crippen LogP contribution is 2.24. The van der Waals surface area contributed by atoms with Crippen LogP contribution in [0.15, 0.2) is 58.7 Å². The molecule has 1 amide bonds. The van der Waals surface area contributed by atoms with Gasteiger partial charge in [-0.2, -0.15) is 9.41 Å². The molecule has 7 nitrogen and oxygen atoms in total. The molecule has 0 saturated carbocycles. The number of aromatic nitrogens is 1. The minimum atomic E-state index is -3.52. The van der Waals surface area contributed by atoms with Gasteiger partial charge in [0.1, 0.15) is 0 Å². The van der Waals surface area contributed by atoms with Crippen molar-refractivity contribution in [2.75, 3.05) is 13.1 Å². The van der Waals surface area contributed by atoms with E-state index in [1.807, 2.05) is 13.0 Å². The molecule has 1 aliphatic rings. The lowest BCUT2D eigenvalue weighted by Crippen LogP contribution is -2.42. The molecular weight excluding hydrogens is 364 g/mol. The molecule has 1 N–H and O–H groups in total. The number of nitrogens with zero attached hydrogens (tertiary/aromatic N) is 3. The summed E-state index contributed by atoms with van der Waals surface area (Å²) in [4.78, 5) is 16.6. The third-order valence-corrected chi connectivity index (χ3v) is 6.46. The van der Waals surface area contributed by atoms with Gasteiger partial charge in [0, 0.05) is 25.2 Å². The van der Waals surface area contributed by atoms with Gasteiger partial charge < -0.3 is 0 Å². The fourth-order valence-electron chi connectivity index (χ4n) is 2.92. The summed E-state index contributed by atoms with van der Waals surface area (Å²) in [6, 6.07) is 12.2. The molecule has 3 rings (SSSR count). The SMILES string of the molecule is Cc1ccc(S(=O)(=O)N2CCC(C(=O)N/N=C\c3ccccn3)CC2)cc1. The van der Waals surface area contributed by atoms with E-state index in [9.17, 15) is 13.2 Å². The summed E-state index contributed by atoms with van der Waals surface area (Å²) in [7, 11) is -3.52. The van der Waals surface area contributed by atoms with E-state index < -0.39 is 10.0 Å². The van der Waals surface area contributed by atoms with Crippen LogP contribution >= 0.6 is 0 Å². The van der Waals surface area contributed by atoms with E-state index >= 15 is 0 Å². The molecule has 1 saturated heterocycles. The van der Waals surface area contributed by atoms with Crippen LogP contribution in [0.25, 0.3) is 0 Å². The third-order valence-electron chi connectivity index (χ3n) is 4.54. The lowest BCUT2D eigenvalue weighted by atomic mass is 9.98. The molecule has 0 aliphatic carbocycles. The Morgan fingerprint density at radius 2 is 1.89 bits per heavy atom. The fourth-order valence-corrected chi connectivity index (χ4v) is 4.39. The zero-order valence-electron chi connectivity index (χ0n) is 15.1. The van der Waals surface area contributed by atoms with E-state index in [4.69, 9.17) is 0 Å². The van der Waals surface area contributed by atoms with Gasteiger partial charge in [0.05, 0.1) is 16.8 Å². The summed E-state index contributed by atoms with van der Waals surface area (Å²) in [5.41, 5.74) is 4.17. The summed E-state index contributed by atoms with van der Waals surface area (Å²) in [6.07, 6.45) is 4.06. The second-order valence-electron chi connectivity index (χ2n) is 6.48. The Kier molecular flexibility index (Phi) is 5.98. The first kappa shape index (κ1) is 19.2. The normalized spacial score (nSPS) is 16.5. The van der Waals surface area contributed by atoms with Crippen molar-refractivity contribution in [1.29, 1.82) is 0 Å². The Hall–Kier alpha value is -2.58. The maximum Gasteiger partial charge on any atom is 0.243 e. The average molecular weight is 386 g/mol. The molecule has 1 fully saturated rings. The van der Waals surface area contributed by atoms with E-state index in [0.717, 1.165) is 5.56 Å². The second-order valence-corrected chi connectivity index (χ2v) is 8.42. The molecule has 0 radical (unpaired) electrons. The standard InChI is InChI=1S/C19H22N4O3S/c1-15-5-7-18(8-6-15)27(25,26)23-12-9-16(10-13-23)19(24)22-21-14-17-4-2-3-11-20-17/h2-8,11,14,16H,9-10,12-13H2,1H3,(H,22,24)/b21-14-. The molecule has 2 heterocycles. The topological polar surface area (TPSA) is 91.7 Å². The van der Waals surface area contributed by atoms with Crippen LogP contribution in [0.1, 0.15) is 24.1 Å². The maximum atomic E-state index is 12.7. The van der Waals surface area contributed by atoms with Gasteiger partial charge in [0.25, 0.3) is 0 Å². The number of amides is 1. The van der Waals surface area contributed by atoms with E-state index in [0.29, 0.717) is 31.6 Å². The summed E-state index contributed by atoms with van der Waals surface area (Å²) < 4.78 is 26.8. The molecule has 142 valence electrons. The lowest BCUT2D eigenvalue weighted by Gasteiger charge is -2.30. The first-order chi connectivity index (χ1) is 13.0. The number of hydrogen-bond acceptors (Lipinski definition) is 5. The van der Waals surface area contributed by atoms with E-state index in [1.165, 1.54) is 10.5 Å². The van der Waals surface area contributed by atoms with Crippen molar-refractivity contribution in [2.45, 2.75) is 24.7 Å². The number of carbonyl (C=O) groups excluding carboxylic acids is 1. The zero-order valence-corrected chi connectivity index (χ0v) is 15.9. The number of nitrogens with one attached hydrogen (secondary N) is 1. The highest BCUT2D eigenvalue weighted by Gasteiger charge is 2.31. The predicted molar refractivity (Wildman–Crippen MR) is 103 cm³/mol. The Bertz CT molecular complexity index is 904. The molecule has 1 aromatic heterocycles. The van der Waals surface area contributed by atoms with Crippen LogP contribution < -0.4 is 5.43 Å². The first-order valence-electron chi connectivity index (χ1n) is 8.77. The molecule has 8 heteroatoms. The molecule has 27 heavy (non-hydrogen) atoms. The number of aryl methyl sites for hydroxylation is 1. The number of benzene rings is 1. The summed E-state index contributed by atoms with van der Waals surface area (Å²) >= 11 is 0. The largest absolute Gasteiger partial charge is 0.273 e. The van der Waals surface area contributed by atoms with Gasteiger partial charge >= 0.3 is 0 Å². The van der Waals surface area contributed by atoms with Crippen molar-refractivity contribution in [3.63, 3.8) is 0 Å². The average Bonchev–Trinajstić information content (AvgIpc) is 2.69. The predicted octanol–water partition coefficient (Wildman–Crippen LogP) is 1.94. The third kappa shape index (κ3) is 4.78. The number of hydrogen-bond donors (Lipinski definition) is 1. The van der Waals surface area contributed by atoms with Crippen LogP contribution in [0, 0.1) is 12.8 Å². The molecule has 0 unspecified atom stereocenters. The quantitative estimate of drug-likeness (QED) is 0.628. The molecule has 0 bridgehead atoms. The maximum absolute atomic E-state index is 12.7. The summed E-state index contributed by atoms with van der Waals surface area (Å²) in [5.74, 6) is -0.454. The van der Waals surface area contributed by atoms with Gasteiger partial charge in [-0.1, -0.05) is 23.8 Å². The Balaban J connectivity index is 1.54. The van der Waals surface area contributed by atoms with Crippen molar-refractivity contribution < 1.29 is 13.2 Å². The van der Waals surface area contributed by atoms with E-state index in [1.54, 1.807) is 42.6 Å². The monoisotopic (exact) mass is 386 g/mol. The highest BCUT2D eigenvalue weighted by atomic mass is 32.2. The van der Waals surface area contributed by atoms with E-state index in [2.05, 4.69) is 15.5 Å². The van der Waals surface area contributed by atoms with Crippen LogP contribution in [-0.2, 0) is 14.8 Å². The van der Waals surface area contributed by atoms with Crippen molar-refractivity contribution in [3.8, 4) is 0 Å². The van der Waals surface area contributed by atoms with Gasteiger partial charge in [0.15, 0.2) is 0 Å². The summed E-state index contributed by atoms with van der Waals surface area (Å²) in [5, 5.41) is 3.92. The molecular formula is C19H22N4O3S. The number of piperidine rings is 1. The second kappa shape index (κ2) is 8.41. The van der Waals surface area contributed by atoms with Gasteiger partial charge in [0.2, 0.25) is 15.9 Å². The van der Waals surface area contributed by atoms with Gasteiger partial charge in [-0.25, -0.2) is 13.8 Å². The number of rotatable bonds is 5. The Morgan fingerprint density at radius 3 is 2.52 bits per heavy atom. The van der Waals surface area contributed by atoms with Crippen LogP contribution in [-0.4, -0.2) is 42.9 Å². The van der Waals surface area contributed by atoms with Crippen LogP contribution in [0.2, 0.25) is 0 Å². The Labute approximate surface area is 159 Å². The number of pyridine rings is 1. The smallest absolute Gasteiger partial charge is 0.243 e. The minimum Gasteiger partial charge on any atom is -0.273 e. The zero-order chi connectivity index (χ0) is 19.3. The molecule has 0 spiro atoms. The first-order valence-corrected chi connectivity index (χ1v) is 10.2. The molecule has 1 aromatic carbocycles. The van der Waals surface area contributed by atoms with Crippen LogP contribution in [0.3, 0.4) is 0 Å². The Morgan fingerprint density at radius 1 is 1.19 bits per heavy atom. The van der Waals surface area contributed by atoms with Crippen LogP contribution in [0.4, 0.5) is 0 Å². The molecule has 0 atom stereocenters. The number of sulfonamides is 1. The minimum absolute atomic E-state index is 0.199. The van der Waals surface area contributed by atoms with Crippen molar-refractivity contribution >= 4 is 22.1 Å². The van der Waals surface area contributed by atoms with Crippen LogP contribution in [0.5, 0.6) is 0 Å². The van der Waals surface area contributed by atoms with Gasteiger partial charge in [-0.05, 0) is 44.0 Å². The van der Waals surface area contributed by atoms with Crippen molar-refractivity contribution in [2.24, 2.45) is 11.0 Å². The van der Waals surface area contributed by atoms with Crippen molar-refractivity contribution in [3.05, 3.63) is 59.9 Å². The molecule has 1 aliphatic heterocycles. The highest BCUT2D eigenvalue weighted by molar-refractivity contribution is 7.89. The molecule has 2 aromatic rings. The van der Waals surface area contributed by atoms with Gasteiger partial charge in [-0.3, -0.25) is 9.78 Å². The van der Waals surface area contributed by atoms with E-state index in [-0.39, 0.29) is 16.7 Å². The van der Waals surface area contributed by atoms with Crippen molar-refractivity contribution in [1.82, 2.24) is 14.7 Å².